The van der Waals surface area contributed by atoms with Gasteiger partial charge in [0.25, 0.3) is 5.91 Å². The van der Waals surface area contributed by atoms with E-state index in [1.54, 1.807) is 0 Å². The number of amides is 1. The molecule has 2 aromatic rings. The molecule has 0 unspecified atom stereocenters. The first-order valence-corrected chi connectivity index (χ1v) is 7.51. The summed E-state index contributed by atoms with van der Waals surface area (Å²) in [4.78, 5) is 12.0. The Kier molecular flexibility index (Phi) is 5.62. The summed E-state index contributed by atoms with van der Waals surface area (Å²) in [5.74, 6) is -0.214. The van der Waals surface area contributed by atoms with Gasteiger partial charge < -0.3 is 10.1 Å². The van der Waals surface area contributed by atoms with Crippen molar-refractivity contribution in [3.63, 3.8) is 0 Å². The molecule has 0 aliphatic rings. The molecule has 2 aromatic carbocycles. The highest BCUT2D eigenvalue weighted by Crippen LogP contribution is 2.30. The van der Waals surface area contributed by atoms with Crippen LogP contribution in [0.2, 0.25) is 10.0 Å². The molecule has 3 nitrogen and oxygen atoms in total. The second kappa shape index (κ2) is 7.32. The van der Waals surface area contributed by atoms with Crippen molar-refractivity contribution in [3.8, 4) is 5.75 Å². The van der Waals surface area contributed by atoms with Crippen molar-refractivity contribution in [2.45, 2.75) is 19.2 Å². The third-order valence-corrected chi connectivity index (χ3v) is 3.43. The molecule has 128 valence electrons. The molecular weight excluding hydrogens is 366 g/mol. The lowest BCUT2D eigenvalue weighted by Gasteiger charge is -2.15. The molecule has 1 amide bonds. The van der Waals surface area contributed by atoms with E-state index in [9.17, 15) is 18.0 Å². The fourth-order valence-corrected chi connectivity index (χ4v) is 2.35. The summed E-state index contributed by atoms with van der Waals surface area (Å²) in [5.41, 5.74) is -0.564. The van der Waals surface area contributed by atoms with Crippen molar-refractivity contribution in [3.05, 3.63) is 58.1 Å². The number of halogens is 5. The third-order valence-electron chi connectivity index (χ3n) is 3.00. The predicted molar refractivity (Wildman–Crippen MR) is 86.6 cm³/mol. The van der Waals surface area contributed by atoms with Gasteiger partial charge >= 0.3 is 6.18 Å². The van der Waals surface area contributed by atoms with Gasteiger partial charge in [-0.25, -0.2) is 0 Å². The van der Waals surface area contributed by atoms with Crippen LogP contribution in [-0.4, -0.2) is 12.0 Å². The molecule has 0 aromatic heterocycles. The third kappa shape index (κ3) is 5.04. The van der Waals surface area contributed by atoms with Gasteiger partial charge in [-0.2, -0.15) is 13.2 Å². The first kappa shape index (κ1) is 18.4. The first-order chi connectivity index (χ1) is 11.1. The predicted octanol–water partition coefficient (Wildman–Crippen LogP) is 5.42. The second-order valence-corrected chi connectivity index (χ2v) is 5.80. The molecule has 0 aliphatic heterocycles. The van der Waals surface area contributed by atoms with E-state index in [-0.39, 0.29) is 5.69 Å². The zero-order valence-electron chi connectivity index (χ0n) is 12.3. The van der Waals surface area contributed by atoms with Crippen LogP contribution in [0, 0.1) is 0 Å². The summed E-state index contributed by atoms with van der Waals surface area (Å²) in [6.07, 6.45) is -5.33. The Morgan fingerprint density at radius 3 is 2.12 bits per heavy atom. The van der Waals surface area contributed by atoms with E-state index in [0.29, 0.717) is 15.8 Å². The average molecular weight is 378 g/mol. The molecule has 0 aliphatic carbocycles. The molecule has 0 spiro atoms. The number of benzene rings is 2. The zero-order valence-corrected chi connectivity index (χ0v) is 13.8. The molecule has 24 heavy (non-hydrogen) atoms. The van der Waals surface area contributed by atoms with Crippen LogP contribution in [0.4, 0.5) is 18.9 Å². The van der Waals surface area contributed by atoms with Crippen LogP contribution in [0.5, 0.6) is 5.75 Å². The molecule has 0 fully saturated rings. The van der Waals surface area contributed by atoms with Crippen LogP contribution in [0.3, 0.4) is 0 Å². The summed E-state index contributed by atoms with van der Waals surface area (Å²) in [6.45, 7) is 1.49. The van der Waals surface area contributed by atoms with E-state index in [0.717, 1.165) is 12.1 Å². The molecule has 0 saturated carbocycles. The smallest absolute Gasteiger partial charge is 0.416 e. The maximum Gasteiger partial charge on any atom is 0.416 e. The number of carbonyl (C=O) groups is 1. The standard InChI is InChI=1S/C16H12Cl2F3NO2/c1-9(24-14-7-11(17)6-12(18)8-14)15(23)22-13-4-2-10(3-5-13)16(19,20)21/h2-9H,1H3,(H,22,23)/t9-/m0/s1. The summed E-state index contributed by atoms with van der Waals surface area (Å²) in [7, 11) is 0. The van der Waals surface area contributed by atoms with Gasteiger partial charge in [0.15, 0.2) is 6.10 Å². The molecule has 1 atom stereocenters. The molecule has 0 radical (unpaired) electrons. The van der Waals surface area contributed by atoms with Gasteiger partial charge in [-0.05, 0) is 49.4 Å². The zero-order chi connectivity index (χ0) is 17.9. The van der Waals surface area contributed by atoms with Crippen molar-refractivity contribution in [2.24, 2.45) is 0 Å². The highest BCUT2D eigenvalue weighted by atomic mass is 35.5. The normalized spacial score (nSPS) is 12.6. The largest absolute Gasteiger partial charge is 0.481 e. The Morgan fingerprint density at radius 2 is 1.62 bits per heavy atom. The minimum Gasteiger partial charge on any atom is -0.481 e. The Balaban J connectivity index is 2.01. The summed E-state index contributed by atoms with van der Waals surface area (Å²) in [6, 6.07) is 8.62. The number of hydrogen-bond donors (Lipinski definition) is 1. The van der Waals surface area contributed by atoms with Gasteiger partial charge in [0, 0.05) is 15.7 Å². The minimum absolute atomic E-state index is 0.229. The fraction of sp³-hybridized carbons (Fsp3) is 0.188. The maximum atomic E-state index is 12.5. The van der Waals surface area contributed by atoms with Crippen LogP contribution in [0.1, 0.15) is 12.5 Å². The minimum atomic E-state index is -4.43. The number of anilines is 1. The van der Waals surface area contributed by atoms with Crippen LogP contribution in [0.25, 0.3) is 0 Å². The van der Waals surface area contributed by atoms with Gasteiger partial charge in [-0.15, -0.1) is 0 Å². The molecule has 1 N–H and O–H groups in total. The number of nitrogens with one attached hydrogen (secondary N) is 1. The summed E-state index contributed by atoms with van der Waals surface area (Å²) in [5, 5.41) is 3.18. The van der Waals surface area contributed by atoms with Gasteiger partial charge in [-0.3, -0.25) is 4.79 Å². The molecular formula is C16H12Cl2F3NO2. The van der Waals surface area contributed by atoms with Crippen LogP contribution in [0.15, 0.2) is 42.5 Å². The molecule has 0 heterocycles. The van der Waals surface area contributed by atoms with E-state index >= 15 is 0 Å². The number of carbonyl (C=O) groups excluding carboxylic acids is 1. The SMILES string of the molecule is C[C@H](Oc1cc(Cl)cc(Cl)c1)C(=O)Nc1ccc(C(F)(F)F)cc1. The summed E-state index contributed by atoms with van der Waals surface area (Å²) < 4.78 is 42.9. The van der Waals surface area contributed by atoms with Crippen molar-refractivity contribution < 1.29 is 22.7 Å². The van der Waals surface area contributed by atoms with E-state index in [1.165, 1.54) is 37.3 Å². The van der Waals surface area contributed by atoms with E-state index in [2.05, 4.69) is 5.32 Å². The monoisotopic (exact) mass is 377 g/mol. The number of ether oxygens (including phenoxy) is 1. The van der Waals surface area contributed by atoms with E-state index in [4.69, 9.17) is 27.9 Å². The number of rotatable bonds is 4. The Morgan fingerprint density at radius 1 is 1.08 bits per heavy atom. The molecule has 0 saturated heterocycles. The van der Waals surface area contributed by atoms with Crippen molar-refractivity contribution >= 4 is 34.8 Å². The lowest BCUT2D eigenvalue weighted by Crippen LogP contribution is -2.30. The summed E-state index contributed by atoms with van der Waals surface area (Å²) >= 11 is 11.7. The van der Waals surface area contributed by atoms with Crippen LogP contribution >= 0.6 is 23.2 Å². The lowest BCUT2D eigenvalue weighted by atomic mass is 10.2. The molecule has 8 heteroatoms. The van der Waals surface area contributed by atoms with Crippen molar-refractivity contribution in [1.29, 1.82) is 0 Å². The first-order valence-electron chi connectivity index (χ1n) is 6.76. The lowest BCUT2D eigenvalue weighted by molar-refractivity contribution is -0.137. The quantitative estimate of drug-likeness (QED) is 0.772. The van der Waals surface area contributed by atoms with E-state index < -0.39 is 23.8 Å². The van der Waals surface area contributed by atoms with Gasteiger partial charge in [0.05, 0.1) is 5.56 Å². The van der Waals surface area contributed by atoms with Gasteiger partial charge in [0.2, 0.25) is 0 Å². The van der Waals surface area contributed by atoms with Crippen LogP contribution < -0.4 is 10.1 Å². The number of alkyl halides is 3. The van der Waals surface area contributed by atoms with Crippen molar-refractivity contribution in [1.82, 2.24) is 0 Å². The Bertz CT molecular complexity index is 713. The average Bonchev–Trinajstić information content (AvgIpc) is 2.45. The van der Waals surface area contributed by atoms with Crippen LogP contribution in [-0.2, 0) is 11.0 Å². The van der Waals surface area contributed by atoms with E-state index in [1.807, 2.05) is 0 Å². The maximum absolute atomic E-state index is 12.5. The molecule has 0 bridgehead atoms. The van der Waals surface area contributed by atoms with Gasteiger partial charge in [-0.1, -0.05) is 23.2 Å². The Labute approximate surface area is 146 Å². The van der Waals surface area contributed by atoms with Crippen molar-refractivity contribution in [2.75, 3.05) is 5.32 Å². The topological polar surface area (TPSA) is 38.3 Å². The highest BCUT2D eigenvalue weighted by molar-refractivity contribution is 6.34. The van der Waals surface area contributed by atoms with Gasteiger partial charge in [0.1, 0.15) is 5.75 Å². The second-order valence-electron chi connectivity index (χ2n) is 4.93. The number of hydrogen-bond acceptors (Lipinski definition) is 2. The fourth-order valence-electron chi connectivity index (χ4n) is 1.84. The Hall–Kier alpha value is -1.92. The molecule has 2 rings (SSSR count). The highest BCUT2D eigenvalue weighted by Gasteiger charge is 2.30.